The predicted molar refractivity (Wildman–Crippen MR) is 78.4 cm³/mol. The average molecular weight is 361 g/mol. The van der Waals surface area contributed by atoms with Gasteiger partial charge >= 0.3 is 0 Å². The molecule has 2 rings (SSSR count). The van der Waals surface area contributed by atoms with Crippen molar-refractivity contribution >= 4 is 28.5 Å². The summed E-state index contributed by atoms with van der Waals surface area (Å²) in [4.78, 5) is 16.1. The molecule has 0 N–H and O–H groups in total. The highest BCUT2D eigenvalue weighted by molar-refractivity contribution is 14.1. The molecule has 4 nitrogen and oxygen atoms in total. The fourth-order valence-electron chi connectivity index (χ4n) is 2.99. The number of rotatable bonds is 2. The lowest BCUT2D eigenvalue weighted by atomic mass is 9.86. The van der Waals surface area contributed by atoms with E-state index >= 15 is 0 Å². The molecular formula is C13H20IN3O. The molecule has 1 saturated carbocycles. The second-order valence-electron chi connectivity index (χ2n) is 5.18. The normalized spacial score (nSPS) is 29.9. The van der Waals surface area contributed by atoms with E-state index < -0.39 is 0 Å². The van der Waals surface area contributed by atoms with Crippen LogP contribution < -0.4 is 0 Å². The van der Waals surface area contributed by atoms with Crippen LogP contribution in [0.3, 0.4) is 0 Å². The van der Waals surface area contributed by atoms with Crippen molar-refractivity contribution in [3.8, 4) is 6.07 Å². The number of alkyl halides is 1. The fourth-order valence-corrected chi connectivity index (χ4v) is 3.47. The van der Waals surface area contributed by atoms with Crippen LogP contribution in [0.25, 0.3) is 0 Å². The van der Waals surface area contributed by atoms with Crippen LogP contribution in [0.5, 0.6) is 0 Å². The van der Waals surface area contributed by atoms with Gasteiger partial charge in [0.1, 0.15) is 0 Å². The molecule has 0 aromatic heterocycles. The Morgan fingerprint density at radius 1 is 1.17 bits per heavy atom. The minimum atomic E-state index is 0.267. The van der Waals surface area contributed by atoms with Gasteiger partial charge in [0.15, 0.2) is 0 Å². The van der Waals surface area contributed by atoms with Gasteiger partial charge in [-0.15, -0.1) is 0 Å². The fraction of sp³-hybridized carbons (Fsp3) is 0.846. The van der Waals surface area contributed by atoms with Crippen molar-refractivity contribution in [3.63, 3.8) is 0 Å². The number of hydrogen-bond acceptors (Lipinski definition) is 3. The number of carbonyl (C=O) groups is 1. The number of hydrogen-bond donors (Lipinski definition) is 0. The Hall–Kier alpha value is -0.350. The number of piperazine rings is 1. The number of nitriles is 1. The minimum Gasteiger partial charge on any atom is -0.339 e. The van der Waals surface area contributed by atoms with Crippen LogP contribution in [0.4, 0.5) is 0 Å². The summed E-state index contributed by atoms with van der Waals surface area (Å²) in [5.74, 6) is 0.548. The molecule has 0 aromatic carbocycles. The van der Waals surface area contributed by atoms with E-state index in [0.29, 0.717) is 10.5 Å². The Morgan fingerprint density at radius 2 is 1.78 bits per heavy atom. The quantitative estimate of drug-likeness (QED) is 0.555. The number of amides is 1. The lowest BCUT2D eigenvalue weighted by molar-refractivity contribution is -0.130. The van der Waals surface area contributed by atoms with Gasteiger partial charge in [-0.25, -0.2) is 0 Å². The van der Waals surface area contributed by atoms with Gasteiger partial charge in [0.25, 0.3) is 0 Å². The van der Waals surface area contributed by atoms with Gasteiger partial charge in [-0.3, -0.25) is 9.69 Å². The summed E-state index contributed by atoms with van der Waals surface area (Å²) in [5, 5.41) is 8.90. The van der Waals surface area contributed by atoms with Crippen molar-refractivity contribution < 1.29 is 4.79 Å². The first kappa shape index (κ1) is 14.1. The predicted octanol–water partition coefficient (Wildman–Crippen LogP) is 1.65. The second-order valence-corrected chi connectivity index (χ2v) is 5.95. The molecule has 1 aliphatic carbocycles. The standard InChI is InChI=1S/C13H20IN3O/c14-9-13(18)17-7-5-16(6-8-17)12-3-1-11(10-15)2-4-12/h11-12H,1-9H2. The highest BCUT2D eigenvalue weighted by atomic mass is 127. The number of carbonyl (C=O) groups excluding carboxylic acids is 1. The molecule has 2 aliphatic rings. The Balaban J connectivity index is 1.77. The van der Waals surface area contributed by atoms with Crippen LogP contribution in [-0.2, 0) is 4.79 Å². The Morgan fingerprint density at radius 3 is 2.28 bits per heavy atom. The molecule has 0 aromatic rings. The maximum atomic E-state index is 11.6. The van der Waals surface area contributed by atoms with Gasteiger partial charge in [0.05, 0.1) is 10.5 Å². The monoisotopic (exact) mass is 361 g/mol. The molecule has 5 heteroatoms. The second kappa shape index (κ2) is 6.71. The molecule has 1 aliphatic heterocycles. The van der Waals surface area contributed by atoms with E-state index in [2.05, 4.69) is 33.6 Å². The molecule has 18 heavy (non-hydrogen) atoms. The third kappa shape index (κ3) is 3.35. The Bertz CT molecular complexity index is 326. The van der Waals surface area contributed by atoms with Crippen LogP contribution in [0, 0.1) is 17.2 Å². The molecule has 0 radical (unpaired) electrons. The lowest BCUT2D eigenvalue weighted by Crippen LogP contribution is -2.52. The first-order valence-corrected chi connectivity index (χ1v) is 8.24. The molecule has 1 amide bonds. The van der Waals surface area contributed by atoms with Gasteiger partial charge in [0.2, 0.25) is 5.91 Å². The van der Waals surface area contributed by atoms with Crippen molar-refractivity contribution in [3.05, 3.63) is 0 Å². The van der Waals surface area contributed by atoms with E-state index in [1.54, 1.807) is 0 Å². The third-order valence-corrected chi connectivity index (χ3v) is 4.83. The van der Waals surface area contributed by atoms with Gasteiger partial charge in [-0.2, -0.15) is 5.26 Å². The van der Waals surface area contributed by atoms with E-state index in [9.17, 15) is 4.79 Å². The van der Waals surface area contributed by atoms with Crippen LogP contribution >= 0.6 is 22.6 Å². The lowest BCUT2D eigenvalue weighted by Gasteiger charge is -2.41. The van der Waals surface area contributed by atoms with Crippen LogP contribution in [-0.4, -0.2) is 52.4 Å². The third-order valence-electron chi connectivity index (χ3n) is 4.18. The molecule has 100 valence electrons. The van der Waals surface area contributed by atoms with Crippen molar-refractivity contribution in [2.45, 2.75) is 31.7 Å². The summed E-state index contributed by atoms with van der Waals surface area (Å²) in [6.45, 7) is 3.76. The van der Waals surface area contributed by atoms with Crippen LogP contribution in [0.1, 0.15) is 25.7 Å². The van der Waals surface area contributed by atoms with E-state index in [1.807, 2.05) is 4.90 Å². The molecule has 0 spiro atoms. The molecule has 0 unspecified atom stereocenters. The summed E-state index contributed by atoms with van der Waals surface area (Å²) in [6, 6.07) is 3.03. The van der Waals surface area contributed by atoms with Crippen molar-refractivity contribution in [2.24, 2.45) is 5.92 Å². The van der Waals surface area contributed by atoms with E-state index in [-0.39, 0.29) is 11.8 Å². The minimum absolute atomic E-state index is 0.267. The largest absolute Gasteiger partial charge is 0.339 e. The summed E-state index contributed by atoms with van der Waals surface area (Å²) >= 11 is 2.14. The van der Waals surface area contributed by atoms with E-state index in [4.69, 9.17) is 5.26 Å². The maximum Gasteiger partial charge on any atom is 0.232 e. The van der Waals surface area contributed by atoms with Crippen LogP contribution in [0.15, 0.2) is 0 Å². The van der Waals surface area contributed by atoms with Crippen LogP contribution in [0.2, 0.25) is 0 Å². The molecule has 1 saturated heterocycles. The molecule has 2 fully saturated rings. The topological polar surface area (TPSA) is 47.3 Å². The Kier molecular flexibility index (Phi) is 5.25. The van der Waals surface area contributed by atoms with Crippen molar-refractivity contribution in [1.82, 2.24) is 9.80 Å². The summed E-state index contributed by atoms with van der Waals surface area (Å²) in [5.41, 5.74) is 0. The maximum absolute atomic E-state index is 11.6. The first-order valence-electron chi connectivity index (χ1n) is 6.72. The SMILES string of the molecule is N#CC1CCC(N2CCN(C(=O)CI)CC2)CC1. The molecule has 0 bridgehead atoms. The van der Waals surface area contributed by atoms with Gasteiger partial charge in [0, 0.05) is 38.1 Å². The zero-order valence-electron chi connectivity index (χ0n) is 10.6. The Labute approximate surface area is 122 Å². The average Bonchev–Trinajstić information content (AvgIpc) is 2.47. The molecule has 0 atom stereocenters. The molecular weight excluding hydrogens is 341 g/mol. The highest BCUT2D eigenvalue weighted by Crippen LogP contribution is 2.27. The molecule has 1 heterocycles. The smallest absolute Gasteiger partial charge is 0.232 e. The van der Waals surface area contributed by atoms with E-state index in [0.717, 1.165) is 51.9 Å². The summed E-state index contributed by atoms with van der Waals surface area (Å²) in [7, 11) is 0. The van der Waals surface area contributed by atoms with Gasteiger partial charge in [-0.05, 0) is 25.7 Å². The van der Waals surface area contributed by atoms with Gasteiger partial charge < -0.3 is 4.90 Å². The van der Waals surface area contributed by atoms with Crippen molar-refractivity contribution in [2.75, 3.05) is 30.6 Å². The highest BCUT2D eigenvalue weighted by Gasteiger charge is 2.29. The summed E-state index contributed by atoms with van der Waals surface area (Å²) < 4.78 is 0.588. The number of halogens is 1. The number of nitrogens with zero attached hydrogens (tertiary/aromatic N) is 3. The first-order chi connectivity index (χ1) is 8.74. The zero-order chi connectivity index (χ0) is 13.0. The zero-order valence-corrected chi connectivity index (χ0v) is 12.8. The summed E-state index contributed by atoms with van der Waals surface area (Å²) in [6.07, 6.45) is 4.40. The van der Waals surface area contributed by atoms with E-state index in [1.165, 1.54) is 0 Å². The van der Waals surface area contributed by atoms with Gasteiger partial charge in [-0.1, -0.05) is 22.6 Å². The van der Waals surface area contributed by atoms with Crippen molar-refractivity contribution in [1.29, 1.82) is 5.26 Å².